The molecular weight excluding hydrogens is 362 g/mol. The molecule has 7 nitrogen and oxygen atoms in total. The van der Waals surface area contributed by atoms with Crippen LogP contribution in [0.15, 0.2) is 46.6 Å². The van der Waals surface area contributed by atoms with Crippen LogP contribution < -0.4 is 10.9 Å². The topological polar surface area (TPSA) is 92.7 Å². The normalized spacial score (nSPS) is 11.0. The number of pyridine rings is 1. The average molecular weight is 379 g/mol. The summed E-state index contributed by atoms with van der Waals surface area (Å²) in [6.07, 6.45) is 0. The van der Waals surface area contributed by atoms with Gasteiger partial charge >= 0.3 is 0 Å². The van der Waals surface area contributed by atoms with Crippen LogP contribution in [-0.4, -0.2) is 25.7 Å². The number of benzene rings is 1. The van der Waals surface area contributed by atoms with E-state index in [-0.39, 0.29) is 18.0 Å². The molecule has 1 aromatic carbocycles. The zero-order valence-corrected chi connectivity index (χ0v) is 15.6. The molecule has 0 aliphatic rings. The molecule has 0 fully saturated rings. The van der Waals surface area contributed by atoms with Gasteiger partial charge in [-0.05, 0) is 13.0 Å². The lowest BCUT2D eigenvalue weighted by atomic mass is 10.1. The number of aryl methyl sites for hydroxylation is 2. The van der Waals surface area contributed by atoms with Crippen molar-refractivity contribution in [3.05, 3.63) is 69.1 Å². The van der Waals surface area contributed by atoms with Crippen LogP contribution in [0.3, 0.4) is 0 Å². The number of carbonyl (C=O) groups is 1. The Morgan fingerprint density at radius 3 is 2.81 bits per heavy atom. The van der Waals surface area contributed by atoms with Gasteiger partial charge in [0.25, 0.3) is 11.5 Å². The van der Waals surface area contributed by atoms with E-state index in [1.807, 2.05) is 35.7 Å². The van der Waals surface area contributed by atoms with E-state index in [0.29, 0.717) is 22.3 Å². The maximum absolute atomic E-state index is 12.7. The second-order valence-corrected chi connectivity index (χ2v) is 7.06. The van der Waals surface area contributed by atoms with Crippen molar-refractivity contribution in [3.8, 4) is 10.6 Å². The summed E-state index contributed by atoms with van der Waals surface area (Å²) in [4.78, 5) is 33.8. The summed E-state index contributed by atoms with van der Waals surface area (Å²) in [5, 5.41) is 8.61. The second-order valence-electron chi connectivity index (χ2n) is 6.20. The predicted molar refractivity (Wildman–Crippen MR) is 105 cm³/mol. The van der Waals surface area contributed by atoms with Gasteiger partial charge in [-0.25, -0.2) is 9.97 Å². The Morgan fingerprint density at radius 2 is 2.04 bits per heavy atom. The van der Waals surface area contributed by atoms with Gasteiger partial charge in [0.15, 0.2) is 5.65 Å². The average Bonchev–Trinajstić information content (AvgIpc) is 3.25. The first kappa shape index (κ1) is 17.2. The minimum Gasteiger partial charge on any atom is -0.346 e. The number of thiazole rings is 1. The van der Waals surface area contributed by atoms with Crippen molar-refractivity contribution in [2.45, 2.75) is 13.5 Å². The first-order valence-corrected chi connectivity index (χ1v) is 9.25. The molecule has 27 heavy (non-hydrogen) atoms. The van der Waals surface area contributed by atoms with Gasteiger partial charge < -0.3 is 5.32 Å². The lowest BCUT2D eigenvalue weighted by Crippen LogP contribution is -2.24. The molecule has 0 saturated carbocycles. The molecule has 8 heteroatoms. The van der Waals surface area contributed by atoms with Crippen molar-refractivity contribution in [1.29, 1.82) is 0 Å². The molecule has 4 aromatic rings. The van der Waals surface area contributed by atoms with Gasteiger partial charge in [0, 0.05) is 23.7 Å². The third kappa shape index (κ3) is 3.26. The van der Waals surface area contributed by atoms with Crippen LogP contribution in [0.1, 0.15) is 21.7 Å². The fourth-order valence-corrected chi connectivity index (χ4v) is 3.76. The van der Waals surface area contributed by atoms with Gasteiger partial charge in [0.1, 0.15) is 5.01 Å². The van der Waals surface area contributed by atoms with Gasteiger partial charge in [-0.2, -0.15) is 0 Å². The summed E-state index contributed by atoms with van der Waals surface area (Å²) in [5.74, 6) is -0.323. The van der Waals surface area contributed by atoms with Crippen molar-refractivity contribution >= 4 is 28.3 Å². The van der Waals surface area contributed by atoms with E-state index in [9.17, 15) is 9.59 Å². The minimum absolute atomic E-state index is 0.287. The van der Waals surface area contributed by atoms with Crippen LogP contribution in [0.25, 0.3) is 21.6 Å². The van der Waals surface area contributed by atoms with Crippen LogP contribution in [-0.2, 0) is 13.6 Å². The number of aromatic nitrogens is 4. The van der Waals surface area contributed by atoms with Crippen LogP contribution in [0, 0.1) is 6.92 Å². The molecule has 0 bridgehead atoms. The summed E-state index contributed by atoms with van der Waals surface area (Å²) < 4.78 is 1.52. The molecule has 2 N–H and O–H groups in total. The zero-order valence-electron chi connectivity index (χ0n) is 14.8. The number of aromatic amines is 1. The lowest BCUT2D eigenvalue weighted by Gasteiger charge is -2.06. The van der Waals surface area contributed by atoms with Crippen molar-refractivity contribution in [2.75, 3.05) is 0 Å². The highest BCUT2D eigenvalue weighted by molar-refractivity contribution is 7.13. The highest BCUT2D eigenvalue weighted by atomic mass is 32.1. The number of rotatable bonds is 4. The molecule has 0 radical (unpaired) electrons. The first-order valence-electron chi connectivity index (χ1n) is 8.37. The Bertz CT molecular complexity index is 1190. The summed E-state index contributed by atoms with van der Waals surface area (Å²) in [5.41, 5.74) is 2.94. The van der Waals surface area contributed by atoms with Crippen LogP contribution >= 0.6 is 11.3 Å². The fourth-order valence-electron chi connectivity index (χ4n) is 2.93. The van der Waals surface area contributed by atoms with Gasteiger partial charge in [0.05, 0.1) is 23.2 Å². The Kier molecular flexibility index (Phi) is 4.33. The minimum atomic E-state index is -0.329. The Hall–Kier alpha value is -3.26. The van der Waals surface area contributed by atoms with Crippen LogP contribution in [0.4, 0.5) is 0 Å². The van der Waals surface area contributed by atoms with Gasteiger partial charge in [-0.15, -0.1) is 11.3 Å². The summed E-state index contributed by atoms with van der Waals surface area (Å²) in [6.45, 7) is 2.08. The molecule has 0 aliphatic heterocycles. The number of nitrogens with one attached hydrogen (secondary N) is 2. The third-order valence-electron chi connectivity index (χ3n) is 4.19. The van der Waals surface area contributed by atoms with E-state index < -0.39 is 0 Å². The third-order valence-corrected chi connectivity index (χ3v) is 5.13. The molecule has 136 valence electrons. The number of H-pyrrole nitrogens is 1. The van der Waals surface area contributed by atoms with Gasteiger partial charge in [-0.1, -0.05) is 30.3 Å². The molecule has 0 atom stereocenters. The number of amides is 1. The van der Waals surface area contributed by atoms with E-state index in [4.69, 9.17) is 0 Å². The lowest BCUT2D eigenvalue weighted by molar-refractivity contribution is 0.0952. The van der Waals surface area contributed by atoms with Crippen molar-refractivity contribution in [3.63, 3.8) is 0 Å². The summed E-state index contributed by atoms with van der Waals surface area (Å²) >= 11 is 1.53. The molecular formula is C19H17N5O2S. The Labute approximate surface area is 158 Å². The smallest absolute Gasteiger partial charge is 0.274 e. The highest BCUT2D eigenvalue weighted by Crippen LogP contribution is 2.23. The molecule has 0 unspecified atom stereocenters. The number of carbonyl (C=O) groups excluding carboxylic acids is 1. The number of nitrogens with zero attached hydrogens (tertiary/aromatic N) is 3. The highest BCUT2D eigenvalue weighted by Gasteiger charge is 2.18. The van der Waals surface area contributed by atoms with E-state index in [1.54, 1.807) is 20.0 Å². The molecule has 0 saturated heterocycles. The number of hydrogen-bond acceptors (Lipinski definition) is 5. The first-order chi connectivity index (χ1) is 13.0. The zero-order chi connectivity index (χ0) is 19.0. The van der Waals surface area contributed by atoms with Crippen molar-refractivity contribution in [2.24, 2.45) is 7.05 Å². The second kappa shape index (κ2) is 6.81. The Balaban J connectivity index is 1.57. The summed E-state index contributed by atoms with van der Waals surface area (Å²) in [6, 6.07) is 11.5. The van der Waals surface area contributed by atoms with E-state index >= 15 is 0 Å². The fraction of sp³-hybridized carbons (Fsp3) is 0.158. The summed E-state index contributed by atoms with van der Waals surface area (Å²) in [7, 11) is 1.69. The molecule has 3 heterocycles. The quantitative estimate of drug-likeness (QED) is 0.570. The van der Waals surface area contributed by atoms with Crippen LogP contribution in [0.2, 0.25) is 0 Å². The van der Waals surface area contributed by atoms with E-state index in [1.165, 1.54) is 16.0 Å². The standard InChI is InChI=1S/C19H17N5O2S/c1-11-8-14(15-16(21-11)24(2)23-18(15)26)17(25)20-9-13-10-27-19(22-13)12-6-4-3-5-7-12/h3-8,10H,9H2,1-2H3,(H,20,25)(H,23,26). The van der Waals surface area contributed by atoms with Crippen LogP contribution in [0.5, 0.6) is 0 Å². The molecule has 0 spiro atoms. The molecule has 0 aliphatic carbocycles. The predicted octanol–water partition coefficient (Wildman–Crippen LogP) is 2.62. The van der Waals surface area contributed by atoms with Gasteiger partial charge in [-0.3, -0.25) is 19.4 Å². The molecule has 3 aromatic heterocycles. The van der Waals surface area contributed by atoms with Crippen molar-refractivity contribution < 1.29 is 4.79 Å². The maximum Gasteiger partial charge on any atom is 0.274 e. The van der Waals surface area contributed by atoms with Crippen molar-refractivity contribution in [1.82, 2.24) is 25.1 Å². The van der Waals surface area contributed by atoms with Gasteiger partial charge in [0.2, 0.25) is 0 Å². The monoisotopic (exact) mass is 379 g/mol. The maximum atomic E-state index is 12.7. The van der Waals surface area contributed by atoms with E-state index in [2.05, 4.69) is 20.4 Å². The Morgan fingerprint density at radius 1 is 1.26 bits per heavy atom. The molecule has 1 amide bonds. The molecule has 4 rings (SSSR count). The van der Waals surface area contributed by atoms with E-state index in [0.717, 1.165) is 16.3 Å². The number of hydrogen-bond donors (Lipinski definition) is 2. The largest absolute Gasteiger partial charge is 0.346 e. The number of fused-ring (bicyclic) bond motifs is 1. The SMILES string of the molecule is Cc1cc(C(=O)NCc2csc(-c3ccccc3)n2)c2c(=O)[nH]n(C)c2n1.